The van der Waals surface area contributed by atoms with Gasteiger partial charge in [0.2, 0.25) is 0 Å². The van der Waals surface area contributed by atoms with Crippen molar-refractivity contribution in [2.45, 2.75) is 19.9 Å². The minimum atomic E-state index is -0.543. The molecule has 0 aliphatic heterocycles. The summed E-state index contributed by atoms with van der Waals surface area (Å²) in [4.78, 5) is 15.7. The standard InChI is InChI=1S/C10H14N4O2/c1-6-4-3-5-12-8(6)10(15)13-7(2)9(11)14-16/h3-5,7,16H,1-2H3,(H2,11,14)(H,13,15). The molecule has 16 heavy (non-hydrogen) atoms. The average Bonchev–Trinajstić information content (AvgIpc) is 2.28. The Morgan fingerprint density at radius 3 is 2.94 bits per heavy atom. The zero-order valence-corrected chi connectivity index (χ0v) is 9.14. The first-order valence-electron chi connectivity index (χ1n) is 4.76. The van der Waals surface area contributed by atoms with E-state index in [9.17, 15) is 4.79 Å². The number of amides is 1. The Hall–Kier alpha value is -2.11. The van der Waals surface area contributed by atoms with E-state index in [1.54, 1.807) is 26.0 Å². The number of rotatable bonds is 3. The van der Waals surface area contributed by atoms with Crippen molar-refractivity contribution in [2.75, 3.05) is 0 Å². The van der Waals surface area contributed by atoms with Crippen LogP contribution >= 0.6 is 0 Å². The normalized spacial score (nSPS) is 13.2. The molecule has 1 unspecified atom stereocenters. The van der Waals surface area contributed by atoms with Crippen LogP contribution in [-0.4, -0.2) is 28.0 Å². The van der Waals surface area contributed by atoms with Gasteiger partial charge in [0.05, 0.1) is 6.04 Å². The number of aryl methyl sites for hydroxylation is 1. The molecule has 1 heterocycles. The highest BCUT2D eigenvalue weighted by Gasteiger charge is 2.15. The number of amidine groups is 1. The van der Waals surface area contributed by atoms with Crippen LogP contribution in [0.3, 0.4) is 0 Å². The van der Waals surface area contributed by atoms with Crippen molar-refractivity contribution in [3.8, 4) is 0 Å². The molecule has 1 rings (SSSR count). The average molecular weight is 222 g/mol. The monoisotopic (exact) mass is 222 g/mol. The Labute approximate surface area is 93.2 Å². The summed E-state index contributed by atoms with van der Waals surface area (Å²) in [6.07, 6.45) is 1.54. The maximum absolute atomic E-state index is 11.7. The van der Waals surface area contributed by atoms with E-state index in [2.05, 4.69) is 15.5 Å². The maximum atomic E-state index is 11.7. The maximum Gasteiger partial charge on any atom is 0.270 e. The molecule has 0 radical (unpaired) electrons. The van der Waals surface area contributed by atoms with Crippen molar-refractivity contribution in [1.29, 1.82) is 0 Å². The second-order valence-electron chi connectivity index (χ2n) is 3.39. The smallest absolute Gasteiger partial charge is 0.270 e. The second-order valence-corrected chi connectivity index (χ2v) is 3.39. The molecule has 0 aromatic carbocycles. The number of nitrogens with one attached hydrogen (secondary N) is 1. The topological polar surface area (TPSA) is 101 Å². The number of nitrogens with zero attached hydrogens (tertiary/aromatic N) is 2. The molecule has 0 saturated carbocycles. The molecular formula is C10H14N4O2. The largest absolute Gasteiger partial charge is 0.409 e. The molecule has 0 aliphatic carbocycles. The molecule has 6 nitrogen and oxygen atoms in total. The third kappa shape index (κ3) is 2.69. The van der Waals surface area contributed by atoms with E-state index in [-0.39, 0.29) is 11.7 Å². The van der Waals surface area contributed by atoms with E-state index in [0.29, 0.717) is 5.69 Å². The van der Waals surface area contributed by atoms with Gasteiger partial charge < -0.3 is 16.3 Å². The molecule has 0 bridgehead atoms. The first kappa shape index (κ1) is 12.0. The Balaban J connectivity index is 2.78. The highest BCUT2D eigenvalue weighted by atomic mass is 16.4. The molecule has 6 heteroatoms. The highest BCUT2D eigenvalue weighted by molar-refractivity contribution is 5.97. The molecule has 1 amide bonds. The van der Waals surface area contributed by atoms with Crippen LogP contribution in [0.1, 0.15) is 23.0 Å². The Morgan fingerprint density at radius 2 is 2.38 bits per heavy atom. The highest BCUT2D eigenvalue weighted by Crippen LogP contribution is 2.03. The van der Waals surface area contributed by atoms with Crippen LogP contribution < -0.4 is 11.1 Å². The van der Waals surface area contributed by atoms with Crippen molar-refractivity contribution in [3.63, 3.8) is 0 Å². The predicted octanol–water partition coefficient (Wildman–Crippen LogP) is 0.255. The Kier molecular flexibility index (Phi) is 3.82. The first-order chi connectivity index (χ1) is 7.56. The SMILES string of the molecule is Cc1cccnc1C(=O)NC(C)C(N)=NO. The fourth-order valence-corrected chi connectivity index (χ4v) is 1.15. The second kappa shape index (κ2) is 5.11. The molecular weight excluding hydrogens is 208 g/mol. The lowest BCUT2D eigenvalue weighted by Gasteiger charge is -2.12. The molecule has 86 valence electrons. The number of oxime groups is 1. The van der Waals surface area contributed by atoms with E-state index in [0.717, 1.165) is 5.56 Å². The van der Waals surface area contributed by atoms with Gasteiger partial charge in [-0.2, -0.15) is 0 Å². The number of hydrogen-bond acceptors (Lipinski definition) is 4. The summed E-state index contributed by atoms with van der Waals surface area (Å²) >= 11 is 0. The Morgan fingerprint density at radius 1 is 1.69 bits per heavy atom. The van der Waals surface area contributed by atoms with Crippen molar-refractivity contribution >= 4 is 11.7 Å². The summed E-state index contributed by atoms with van der Waals surface area (Å²) in [7, 11) is 0. The molecule has 1 aromatic rings. The van der Waals surface area contributed by atoms with Gasteiger partial charge in [-0.05, 0) is 25.5 Å². The van der Waals surface area contributed by atoms with Gasteiger partial charge in [-0.15, -0.1) is 0 Å². The molecule has 1 aromatic heterocycles. The van der Waals surface area contributed by atoms with E-state index in [1.807, 2.05) is 0 Å². The van der Waals surface area contributed by atoms with Crippen molar-refractivity contribution in [2.24, 2.45) is 10.9 Å². The van der Waals surface area contributed by atoms with Crippen LogP contribution in [0.2, 0.25) is 0 Å². The molecule has 0 fully saturated rings. The summed E-state index contributed by atoms with van der Waals surface area (Å²) in [5.41, 5.74) is 6.45. The Bertz CT molecular complexity index is 417. The van der Waals surface area contributed by atoms with Gasteiger partial charge in [0.1, 0.15) is 5.69 Å². The predicted molar refractivity (Wildman–Crippen MR) is 59.3 cm³/mol. The summed E-state index contributed by atoms with van der Waals surface area (Å²) in [5.74, 6) is -0.404. The summed E-state index contributed by atoms with van der Waals surface area (Å²) in [5, 5.41) is 13.8. The lowest BCUT2D eigenvalue weighted by atomic mass is 10.2. The lowest BCUT2D eigenvalue weighted by molar-refractivity contribution is 0.0943. The first-order valence-corrected chi connectivity index (χ1v) is 4.76. The minimum Gasteiger partial charge on any atom is -0.409 e. The number of nitrogens with two attached hydrogens (primary N) is 1. The number of carbonyl (C=O) groups is 1. The fraction of sp³-hybridized carbons (Fsp3) is 0.300. The van der Waals surface area contributed by atoms with Crippen molar-refractivity contribution < 1.29 is 10.0 Å². The van der Waals surface area contributed by atoms with Gasteiger partial charge in [0.25, 0.3) is 5.91 Å². The van der Waals surface area contributed by atoms with Gasteiger partial charge in [-0.1, -0.05) is 11.2 Å². The summed E-state index contributed by atoms with van der Waals surface area (Å²) < 4.78 is 0. The van der Waals surface area contributed by atoms with Crippen LogP contribution in [-0.2, 0) is 0 Å². The molecule has 1 atom stereocenters. The number of pyridine rings is 1. The van der Waals surface area contributed by atoms with Crippen LogP contribution in [0.4, 0.5) is 0 Å². The number of carbonyl (C=O) groups excluding carboxylic acids is 1. The lowest BCUT2D eigenvalue weighted by Crippen LogP contribution is -2.42. The van der Waals surface area contributed by atoms with Gasteiger partial charge in [0.15, 0.2) is 5.84 Å². The molecule has 0 saturated heterocycles. The van der Waals surface area contributed by atoms with E-state index in [4.69, 9.17) is 10.9 Å². The summed E-state index contributed by atoms with van der Waals surface area (Å²) in [6.45, 7) is 3.40. The third-order valence-electron chi connectivity index (χ3n) is 2.13. The van der Waals surface area contributed by atoms with Crippen LogP contribution in [0, 0.1) is 6.92 Å². The van der Waals surface area contributed by atoms with Gasteiger partial charge in [-0.25, -0.2) is 0 Å². The number of hydrogen-bond donors (Lipinski definition) is 3. The molecule has 0 spiro atoms. The molecule has 0 aliphatic rings. The zero-order valence-electron chi connectivity index (χ0n) is 9.14. The third-order valence-corrected chi connectivity index (χ3v) is 2.13. The fourth-order valence-electron chi connectivity index (χ4n) is 1.15. The van der Waals surface area contributed by atoms with Crippen molar-refractivity contribution in [3.05, 3.63) is 29.6 Å². The van der Waals surface area contributed by atoms with Gasteiger partial charge in [0, 0.05) is 6.20 Å². The van der Waals surface area contributed by atoms with Crippen LogP contribution in [0.25, 0.3) is 0 Å². The van der Waals surface area contributed by atoms with Crippen molar-refractivity contribution in [1.82, 2.24) is 10.3 Å². The van der Waals surface area contributed by atoms with E-state index in [1.165, 1.54) is 6.20 Å². The number of aromatic nitrogens is 1. The van der Waals surface area contributed by atoms with E-state index < -0.39 is 6.04 Å². The molecule has 4 N–H and O–H groups in total. The van der Waals surface area contributed by atoms with Gasteiger partial charge >= 0.3 is 0 Å². The minimum absolute atomic E-state index is 0.0538. The zero-order chi connectivity index (χ0) is 12.1. The van der Waals surface area contributed by atoms with Crippen LogP contribution in [0.15, 0.2) is 23.5 Å². The summed E-state index contributed by atoms with van der Waals surface area (Å²) in [6, 6.07) is 2.99. The van der Waals surface area contributed by atoms with Crippen LogP contribution in [0.5, 0.6) is 0 Å². The van der Waals surface area contributed by atoms with Gasteiger partial charge in [-0.3, -0.25) is 9.78 Å². The van der Waals surface area contributed by atoms with E-state index >= 15 is 0 Å². The quantitative estimate of drug-likeness (QED) is 0.295.